The molecule has 1 aromatic carbocycles. The molecule has 21 heavy (non-hydrogen) atoms. The summed E-state index contributed by atoms with van der Waals surface area (Å²) >= 11 is 3.63. The molecule has 0 bridgehead atoms. The molecule has 0 aliphatic heterocycles. The van der Waals surface area contributed by atoms with Gasteiger partial charge in [-0.2, -0.15) is 5.10 Å². The maximum absolute atomic E-state index is 11.1. The molecular formula is C16H20BrN3O. The van der Waals surface area contributed by atoms with Gasteiger partial charge in [-0.15, -0.1) is 0 Å². The summed E-state index contributed by atoms with van der Waals surface area (Å²) < 4.78 is 2.89. The molecule has 3 rings (SSSR count). The van der Waals surface area contributed by atoms with Gasteiger partial charge in [-0.25, -0.2) is 0 Å². The average Bonchev–Trinajstić information content (AvgIpc) is 2.91. The van der Waals surface area contributed by atoms with E-state index in [0.29, 0.717) is 6.42 Å². The Morgan fingerprint density at radius 2 is 2.24 bits per heavy atom. The van der Waals surface area contributed by atoms with Crippen LogP contribution in [0, 0.1) is 0 Å². The standard InChI is InChI=1S/C16H20BrN3O/c1-3-13-15(17)14(20(2)19-13)9-16(21)7-6-10-8-11(18)4-5-12(10)16/h4-5,8,21H,3,6-7,9,18H2,1-2H3. The van der Waals surface area contributed by atoms with Gasteiger partial charge < -0.3 is 10.8 Å². The molecule has 0 radical (unpaired) electrons. The van der Waals surface area contributed by atoms with E-state index >= 15 is 0 Å². The van der Waals surface area contributed by atoms with Gasteiger partial charge in [0.15, 0.2) is 0 Å². The SMILES string of the molecule is CCc1nn(C)c(CC2(O)CCc3cc(N)ccc32)c1Br. The number of aromatic nitrogens is 2. The second kappa shape index (κ2) is 5.14. The van der Waals surface area contributed by atoms with E-state index in [-0.39, 0.29) is 0 Å². The molecular weight excluding hydrogens is 330 g/mol. The number of aryl methyl sites for hydroxylation is 3. The lowest BCUT2D eigenvalue weighted by Crippen LogP contribution is -2.26. The van der Waals surface area contributed by atoms with Gasteiger partial charge in [0.2, 0.25) is 0 Å². The van der Waals surface area contributed by atoms with Crippen LogP contribution in [0.15, 0.2) is 22.7 Å². The number of fused-ring (bicyclic) bond motifs is 1. The number of halogens is 1. The van der Waals surface area contributed by atoms with E-state index in [2.05, 4.69) is 28.0 Å². The number of anilines is 1. The van der Waals surface area contributed by atoms with Crippen molar-refractivity contribution in [2.75, 3.05) is 5.73 Å². The minimum Gasteiger partial charge on any atom is -0.399 e. The Morgan fingerprint density at radius 1 is 1.48 bits per heavy atom. The Bertz CT molecular complexity index is 695. The van der Waals surface area contributed by atoms with Crippen LogP contribution >= 0.6 is 15.9 Å². The molecule has 0 fully saturated rings. The summed E-state index contributed by atoms with van der Waals surface area (Å²) in [6, 6.07) is 5.80. The highest BCUT2D eigenvalue weighted by Crippen LogP contribution is 2.41. The zero-order chi connectivity index (χ0) is 15.2. The lowest BCUT2D eigenvalue weighted by atomic mass is 9.90. The van der Waals surface area contributed by atoms with Gasteiger partial charge in [-0.05, 0) is 58.5 Å². The molecule has 4 nitrogen and oxygen atoms in total. The topological polar surface area (TPSA) is 64.1 Å². The molecule has 1 aliphatic rings. The van der Waals surface area contributed by atoms with E-state index in [4.69, 9.17) is 5.73 Å². The van der Waals surface area contributed by atoms with Gasteiger partial charge in [-0.3, -0.25) is 4.68 Å². The summed E-state index contributed by atoms with van der Waals surface area (Å²) in [4.78, 5) is 0. The van der Waals surface area contributed by atoms with Crippen molar-refractivity contribution >= 4 is 21.6 Å². The molecule has 1 aliphatic carbocycles. The Morgan fingerprint density at radius 3 is 2.90 bits per heavy atom. The maximum atomic E-state index is 11.1. The van der Waals surface area contributed by atoms with Crippen LogP contribution in [0.5, 0.6) is 0 Å². The third-order valence-electron chi connectivity index (χ3n) is 4.40. The summed E-state index contributed by atoms with van der Waals surface area (Å²) in [6.07, 6.45) is 3.03. The van der Waals surface area contributed by atoms with E-state index < -0.39 is 5.60 Å². The highest BCUT2D eigenvalue weighted by Gasteiger charge is 2.38. The lowest BCUT2D eigenvalue weighted by molar-refractivity contribution is 0.0369. The molecule has 0 saturated carbocycles. The molecule has 112 valence electrons. The fourth-order valence-corrected chi connectivity index (χ4v) is 3.98. The fourth-order valence-electron chi connectivity index (χ4n) is 3.22. The number of hydrogen-bond donors (Lipinski definition) is 2. The predicted molar refractivity (Wildman–Crippen MR) is 87.1 cm³/mol. The summed E-state index contributed by atoms with van der Waals surface area (Å²) in [7, 11) is 1.93. The van der Waals surface area contributed by atoms with Crippen LogP contribution in [0.2, 0.25) is 0 Å². The number of nitrogens with zero attached hydrogens (tertiary/aromatic N) is 2. The normalized spacial score (nSPS) is 20.8. The number of nitrogens with two attached hydrogens (primary N) is 1. The van der Waals surface area contributed by atoms with Gasteiger partial charge in [-0.1, -0.05) is 13.0 Å². The monoisotopic (exact) mass is 349 g/mol. The molecule has 0 amide bonds. The quantitative estimate of drug-likeness (QED) is 0.837. The summed E-state index contributed by atoms with van der Waals surface area (Å²) in [5.74, 6) is 0. The van der Waals surface area contributed by atoms with Crippen molar-refractivity contribution in [2.24, 2.45) is 7.05 Å². The number of aliphatic hydroxyl groups is 1. The first kappa shape index (κ1) is 14.6. The summed E-state index contributed by atoms with van der Waals surface area (Å²) in [6.45, 7) is 2.08. The van der Waals surface area contributed by atoms with Crippen LogP contribution in [-0.4, -0.2) is 14.9 Å². The van der Waals surface area contributed by atoms with E-state index in [1.807, 2.05) is 29.9 Å². The average molecular weight is 350 g/mol. The van der Waals surface area contributed by atoms with Gasteiger partial charge in [0, 0.05) is 19.2 Å². The number of nitrogen functional groups attached to an aromatic ring is 1. The molecule has 5 heteroatoms. The largest absolute Gasteiger partial charge is 0.399 e. The summed E-state index contributed by atoms with van der Waals surface area (Å²) in [5, 5.41) is 15.6. The highest BCUT2D eigenvalue weighted by molar-refractivity contribution is 9.10. The number of hydrogen-bond acceptors (Lipinski definition) is 3. The molecule has 1 atom stereocenters. The van der Waals surface area contributed by atoms with Crippen molar-refractivity contribution in [2.45, 2.75) is 38.2 Å². The fraction of sp³-hybridized carbons (Fsp3) is 0.438. The van der Waals surface area contributed by atoms with Crippen molar-refractivity contribution < 1.29 is 5.11 Å². The zero-order valence-corrected chi connectivity index (χ0v) is 13.9. The molecule has 1 unspecified atom stereocenters. The van der Waals surface area contributed by atoms with Crippen molar-refractivity contribution in [1.82, 2.24) is 9.78 Å². The molecule has 0 spiro atoms. The molecule has 3 N–H and O–H groups in total. The Hall–Kier alpha value is -1.33. The number of rotatable bonds is 3. The van der Waals surface area contributed by atoms with Crippen molar-refractivity contribution in [3.05, 3.63) is 45.2 Å². The van der Waals surface area contributed by atoms with Gasteiger partial charge in [0.05, 0.1) is 21.5 Å². The second-order valence-corrected chi connectivity index (χ2v) is 6.60. The molecule has 2 aromatic rings. The predicted octanol–water partition coefficient (Wildman–Crippen LogP) is 2.70. The Labute approximate surface area is 133 Å². The van der Waals surface area contributed by atoms with Crippen LogP contribution in [-0.2, 0) is 31.9 Å². The molecule has 1 aromatic heterocycles. The highest BCUT2D eigenvalue weighted by atomic mass is 79.9. The number of benzene rings is 1. The van der Waals surface area contributed by atoms with Gasteiger partial charge in [0.1, 0.15) is 0 Å². The van der Waals surface area contributed by atoms with E-state index in [9.17, 15) is 5.11 Å². The Balaban J connectivity index is 1.98. The first-order valence-corrected chi connectivity index (χ1v) is 8.05. The van der Waals surface area contributed by atoms with Gasteiger partial charge in [0.25, 0.3) is 0 Å². The Kier molecular flexibility index (Phi) is 3.58. The van der Waals surface area contributed by atoms with Crippen LogP contribution in [0.3, 0.4) is 0 Å². The first-order valence-electron chi connectivity index (χ1n) is 7.26. The van der Waals surface area contributed by atoms with Crippen LogP contribution < -0.4 is 5.73 Å². The molecule has 0 saturated heterocycles. The van der Waals surface area contributed by atoms with E-state index in [0.717, 1.165) is 51.9 Å². The van der Waals surface area contributed by atoms with Crippen LogP contribution in [0.4, 0.5) is 5.69 Å². The van der Waals surface area contributed by atoms with E-state index in [1.165, 1.54) is 0 Å². The van der Waals surface area contributed by atoms with Crippen LogP contribution in [0.25, 0.3) is 0 Å². The lowest BCUT2D eigenvalue weighted by Gasteiger charge is -2.24. The summed E-state index contributed by atoms with van der Waals surface area (Å²) in [5.41, 5.74) is 10.0. The third kappa shape index (κ3) is 2.38. The first-order chi connectivity index (χ1) is 9.94. The van der Waals surface area contributed by atoms with Gasteiger partial charge >= 0.3 is 0 Å². The maximum Gasteiger partial charge on any atom is 0.0957 e. The van der Waals surface area contributed by atoms with Crippen LogP contribution in [0.1, 0.15) is 35.9 Å². The van der Waals surface area contributed by atoms with E-state index in [1.54, 1.807) is 0 Å². The van der Waals surface area contributed by atoms with Crippen molar-refractivity contribution in [3.63, 3.8) is 0 Å². The van der Waals surface area contributed by atoms with Crippen molar-refractivity contribution in [1.29, 1.82) is 0 Å². The second-order valence-electron chi connectivity index (χ2n) is 5.81. The third-order valence-corrected chi connectivity index (χ3v) is 5.32. The molecule has 1 heterocycles. The zero-order valence-electron chi connectivity index (χ0n) is 12.4. The van der Waals surface area contributed by atoms with Crippen molar-refractivity contribution in [3.8, 4) is 0 Å². The minimum absolute atomic E-state index is 0.563. The minimum atomic E-state index is -0.829. The smallest absolute Gasteiger partial charge is 0.0957 e.